The smallest absolute Gasteiger partial charge is 0.346 e. The van der Waals surface area contributed by atoms with Gasteiger partial charge in [-0.1, -0.05) is 60.3 Å². The minimum absolute atomic E-state index is 0.123. The van der Waals surface area contributed by atoms with Crippen LogP contribution < -0.4 is 5.69 Å². The van der Waals surface area contributed by atoms with E-state index in [0.717, 1.165) is 28.2 Å². The monoisotopic (exact) mass is 400 g/mol. The highest BCUT2D eigenvalue weighted by Gasteiger charge is 2.27. The van der Waals surface area contributed by atoms with Gasteiger partial charge in [0.1, 0.15) is 16.7 Å². The number of benzene rings is 2. The Bertz CT molecular complexity index is 1300. The number of hydrogen-bond acceptors (Lipinski definition) is 5. The van der Waals surface area contributed by atoms with E-state index in [4.69, 9.17) is 0 Å². The number of aromatic nitrogens is 3. The average molecular weight is 400 g/mol. The second-order valence-corrected chi connectivity index (χ2v) is 7.57. The van der Waals surface area contributed by atoms with Crippen molar-refractivity contribution in [3.8, 4) is 6.07 Å². The Kier molecular flexibility index (Phi) is 5.02. The first-order valence-corrected chi connectivity index (χ1v) is 9.79. The van der Waals surface area contributed by atoms with Gasteiger partial charge in [-0.3, -0.25) is 4.79 Å². The molecular weight excluding hydrogens is 384 g/mol. The van der Waals surface area contributed by atoms with Crippen LogP contribution >= 0.6 is 11.8 Å². The quantitative estimate of drug-likeness (QED) is 0.298. The first-order valence-electron chi connectivity index (χ1n) is 8.91. The van der Waals surface area contributed by atoms with Crippen molar-refractivity contribution in [2.24, 2.45) is 0 Å². The number of aryl methyl sites for hydroxylation is 1. The van der Waals surface area contributed by atoms with Crippen molar-refractivity contribution in [3.05, 3.63) is 93.7 Å². The molecule has 1 unspecified atom stereocenters. The standard InChI is InChI=1S/C22H16N4O2S/c1-13-16(11-23)21(26-22(28)25-13)29-20(14-7-3-2-4-8-14)19(27)17-12-24-18-10-6-5-9-15(17)18/h2-10,12,20,24H,1H3,(H,25,26,28). The number of fused-ring (bicyclic) bond motifs is 1. The number of nitriles is 1. The van der Waals surface area contributed by atoms with Crippen LogP contribution in [-0.4, -0.2) is 20.7 Å². The number of H-pyrrole nitrogens is 2. The van der Waals surface area contributed by atoms with E-state index < -0.39 is 10.9 Å². The van der Waals surface area contributed by atoms with Gasteiger partial charge < -0.3 is 9.97 Å². The summed E-state index contributed by atoms with van der Waals surface area (Å²) in [6.07, 6.45) is 1.70. The Morgan fingerprint density at radius 1 is 1.14 bits per heavy atom. The Balaban J connectivity index is 1.83. The summed E-state index contributed by atoms with van der Waals surface area (Å²) in [4.78, 5) is 35.1. The molecule has 6 nitrogen and oxygen atoms in total. The molecule has 2 N–H and O–H groups in total. The molecule has 1 atom stereocenters. The molecule has 0 radical (unpaired) electrons. The summed E-state index contributed by atoms with van der Waals surface area (Å²) in [5.74, 6) is -0.123. The van der Waals surface area contributed by atoms with Crippen molar-refractivity contribution in [2.75, 3.05) is 0 Å². The van der Waals surface area contributed by atoms with E-state index in [0.29, 0.717) is 11.3 Å². The fourth-order valence-corrected chi connectivity index (χ4v) is 4.41. The molecule has 0 fully saturated rings. The van der Waals surface area contributed by atoms with Crippen molar-refractivity contribution in [1.82, 2.24) is 15.0 Å². The van der Waals surface area contributed by atoms with Gasteiger partial charge in [-0.15, -0.1) is 0 Å². The van der Waals surface area contributed by atoms with Gasteiger partial charge in [0.05, 0.1) is 5.25 Å². The molecule has 0 spiro atoms. The minimum atomic E-state index is -0.656. The van der Waals surface area contributed by atoms with Crippen molar-refractivity contribution in [3.63, 3.8) is 0 Å². The number of para-hydroxylation sites is 1. The second kappa shape index (κ2) is 7.78. The van der Waals surface area contributed by atoms with Crippen LogP contribution in [0.5, 0.6) is 0 Å². The Labute approximate surface area is 170 Å². The molecule has 4 rings (SSSR count). The van der Waals surface area contributed by atoms with Crippen LogP contribution in [0.1, 0.15) is 32.4 Å². The number of thioether (sulfide) groups is 1. The van der Waals surface area contributed by atoms with E-state index in [2.05, 4.69) is 21.0 Å². The summed E-state index contributed by atoms with van der Waals surface area (Å²) in [5, 5.41) is 9.94. The normalized spacial score (nSPS) is 11.9. The van der Waals surface area contributed by atoms with Gasteiger partial charge in [0.25, 0.3) is 0 Å². The zero-order valence-corrected chi connectivity index (χ0v) is 16.3. The number of ketones is 1. The molecule has 0 aliphatic heterocycles. The number of nitrogens with zero attached hydrogens (tertiary/aromatic N) is 2. The van der Waals surface area contributed by atoms with Crippen LogP contribution in [0.2, 0.25) is 0 Å². The third-order valence-corrected chi connectivity index (χ3v) is 5.86. The molecular formula is C22H16N4O2S. The molecule has 2 aromatic heterocycles. The fraction of sp³-hybridized carbons (Fsp3) is 0.0909. The summed E-state index contributed by atoms with van der Waals surface area (Å²) >= 11 is 1.12. The number of hydrogen-bond donors (Lipinski definition) is 2. The molecule has 0 amide bonds. The molecule has 2 heterocycles. The third-order valence-electron chi connectivity index (χ3n) is 4.62. The maximum Gasteiger partial charge on any atom is 0.346 e. The van der Waals surface area contributed by atoms with E-state index >= 15 is 0 Å². The Morgan fingerprint density at radius 3 is 2.62 bits per heavy atom. The van der Waals surface area contributed by atoms with Crippen molar-refractivity contribution in [1.29, 1.82) is 5.26 Å². The predicted molar refractivity (Wildman–Crippen MR) is 112 cm³/mol. The van der Waals surface area contributed by atoms with Crippen molar-refractivity contribution < 1.29 is 4.79 Å². The molecule has 0 aliphatic rings. The number of nitrogens with one attached hydrogen (secondary N) is 2. The summed E-state index contributed by atoms with van der Waals surface area (Å²) in [6.45, 7) is 1.64. The van der Waals surface area contributed by atoms with Gasteiger partial charge in [-0.25, -0.2) is 4.79 Å². The highest BCUT2D eigenvalue weighted by Crippen LogP contribution is 2.39. The van der Waals surface area contributed by atoms with Gasteiger partial charge >= 0.3 is 5.69 Å². The molecule has 0 saturated carbocycles. The fourth-order valence-electron chi connectivity index (χ4n) is 3.21. The number of aromatic amines is 2. The predicted octanol–water partition coefficient (Wildman–Crippen LogP) is 4.15. The van der Waals surface area contributed by atoms with E-state index in [1.807, 2.05) is 54.6 Å². The number of Topliss-reactive ketones (excluding diaryl/α,β-unsaturated/α-hetero) is 1. The molecule has 142 valence electrons. The van der Waals surface area contributed by atoms with Crippen LogP contribution in [0, 0.1) is 18.3 Å². The Morgan fingerprint density at radius 2 is 1.86 bits per heavy atom. The maximum atomic E-state index is 13.6. The molecule has 4 aromatic rings. The van der Waals surface area contributed by atoms with Crippen molar-refractivity contribution >= 4 is 28.4 Å². The number of carbonyl (C=O) groups excluding carboxylic acids is 1. The lowest BCUT2D eigenvalue weighted by atomic mass is 10.0. The number of carbonyl (C=O) groups is 1. The van der Waals surface area contributed by atoms with E-state index in [1.54, 1.807) is 13.1 Å². The molecule has 0 aliphatic carbocycles. The molecule has 29 heavy (non-hydrogen) atoms. The lowest BCUT2D eigenvalue weighted by Gasteiger charge is -2.16. The highest BCUT2D eigenvalue weighted by molar-refractivity contribution is 8.00. The lowest BCUT2D eigenvalue weighted by molar-refractivity contribution is 0.0991. The van der Waals surface area contributed by atoms with Gasteiger partial charge in [-0.2, -0.15) is 10.2 Å². The van der Waals surface area contributed by atoms with E-state index in [1.165, 1.54) is 0 Å². The second-order valence-electron chi connectivity index (χ2n) is 6.48. The van der Waals surface area contributed by atoms with Crippen LogP contribution in [0.4, 0.5) is 0 Å². The molecule has 0 bridgehead atoms. The van der Waals surface area contributed by atoms with Gasteiger partial charge in [0.2, 0.25) is 0 Å². The van der Waals surface area contributed by atoms with Gasteiger partial charge in [0, 0.05) is 28.4 Å². The summed E-state index contributed by atoms with van der Waals surface area (Å²) in [6, 6.07) is 19.0. The SMILES string of the molecule is Cc1[nH]c(=O)nc(SC(C(=O)c2c[nH]c3ccccc23)c2ccccc2)c1C#N. The van der Waals surface area contributed by atoms with Crippen LogP contribution in [0.15, 0.2) is 70.6 Å². The topological polar surface area (TPSA) is 102 Å². The largest absolute Gasteiger partial charge is 0.360 e. The third kappa shape index (κ3) is 3.58. The first kappa shape index (κ1) is 18.7. The van der Waals surface area contributed by atoms with Crippen LogP contribution in [-0.2, 0) is 0 Å². The van der Waals surface area contributed by atoms with E-state index in [9.17, 15) is 14.9 Å². The zero-order chi connectivity index (χ0) is 20.4. The highest BCUT2D eigenvalue weighted by atomic mass is 32.2. The summed E-state index contributed by atoms with van der Waals surface area (Å²) < 4.78 is 0. The van der Waals surface area contributed by atoms with Crippen molar-refractivity contribution in [2.45, 2.75) is 17.2 Å². The zero-order valence-electron chi connectivity index (χ0n) is 15.5. The molecule has 7 heteroatoms. The maximum absolute atomic E-state index is 13.6. The number of rotatable bonds is 5. The Hall–Kier alpha value is -3.63. The van der Waals surface area contributed by atoms with Crippen LogP contribution in [0.3, 0.4) is 0 Å². The average Bonchev–Trinajstić information content (AvgIpc) is 3.16. The lowest BCUT2D eigenvalue weighted by Crippen LogP contribution is -2.16. The minimum Gasteiger partial charge on any atom is -0.360 e. The van der Waals surface area contributed by atoms with Gasteiger partial charge in [0.15, 0.2) is 5.78 Å². The van der Waals surface area contributed by atoms with Gasteiger partial charge in [-0.05, 0) is 18.6 Å². The van der Waals surface area contributed by atoms with Crippen LogP contribution in [0.25, 0.3) is 10.9 Å². The first-order chi connectivity index (χ1) is 14.1. The van der Waals surface area contributed by atoms with E-state index in [-0.39, 0.29) is 16.4 Å². The molecule has 0 saturated heterocycles. The summed E-state index contributed by atoms with van der Waals surface area (Å²) in [7, 11) is 0. The molecule has 2 aromatic carbocycles. The summed E-state index contributed by atoms with van der Waals surface area (Å²) in [5.41, 5.74) is 2.35.